The van der Waals surface area contributed by atoms with E-state index in [0.29, 0.717) is 15.4 Å². The second kappa shape index (κ2) is 4.72. The van der Waals surface area contributed by atoms with Crippen LogP contribution in [0, 0.1) is 6.92 Å². The topological polar surface area (TPSA) is 69.0 Å². The van der Waals surface area contributed by atoms with E-state index in [1.807, 2.05) is 6.92 Å². The fourth-order valence-electron chi connectivity index (χ4n) is 1.86. The second-order valence-corrected chi connectivity index (χ2v) is 7.33. The highest BCUT2D eigenvalue weighted by Gasteiger charge is 2.20. The maximum absolute atomic E-state index is 12.3. The van der Waals surface area contributed by atoms with Crippen LogP contribution in [0.25, 0.3) is 10.9 Å². The molecule has 7 heteroatoms. The van der Waals surface area contributed by atoms with Gasteiger partial charge in [-0.15, -0.1) is 0 Å². The normalized spacial score (nSPS) is 12.0. The summed E-state index contributed by atoms with van der Waals surface area (Å²) in [5.41, 5.74) is 0.923. The van der Waals surface area contributed by atoms with Gasteiger partial charge in [-0.3, -0.25) is 9.36 Å². The Morgan fingerprint density at radius 2 is 2.00 bits per heavy atom. The third-order valence-corrected chi connectivity index (χ3v) is 5.18. The number of benzene rings is 1. The zero-order valence-corrected chi connectivity index (χ0v) is 13.2. The number of nitrogens with zero attached hydrogens (tertiary/aromatic N) is 2. The molecule has 1 aromatic heterocycles. The quantitative estimate of drug-likeness (QED) is 0.779. The average Bonchev–Trinajstić information content (AvgIpc) is 2.34. The fourth-order valence-corrected chi connectivity index (χ4v) is 3.51. The highest BCUT2D eigenvalue weighted by atomic mass is 79.9. The van der Waals surface area contributed by atoms with E-state index in [2.05, 4.69) is 20.9 Å². The lowest BCUT2D eigenvalue weighted by Gasteiger charge is -2.10. The molecule has 2 rings (SSSR count). The van der Waals surface area contributed by atoms with E-state index in [1.54, 1.807) is 12.1 Å². The molecule has 1 aromatic carbocycles. The lowest BCUT2D eigenvalue weighted by atomic mass is 10.2. The van der Waals surface area contributed by atoms with E-state index >= 15 is 0 Å². The van der Waals surface area contributed by atoms with E-state index in [9.17, 15) is 13.2 Å². The molecule has 0 saturated carbocycles. The third-order valence-electron chi connectivity index (χ3n) is 2.90. The Morgan fingerprint density at radius 3 is 2.58 bits per heavy atom. The van der Waals surface area contributed by atoms with Crippen molar-refractivity contribution < 1.29 is 8.42 Å². The number of aromatic nitrogens is 2. The van der Waals surface area contributed by atoms with Crippen LogP contribution in [0.1, 0.15) is 12.5 Å². The predicted octanol–water partition coefficient (Wildman–Crippen LogP) is 1.80. The summed E-state index contributed by atoms with van der Waals surface area (Å²) in [5.74, 6) is -0.0950. The first-order valence-electron chi connectivity index (χ1n) is 5.67. The average molecular weight is 345 g/mol. The van der Waals surface area contributed by atoms with Gasteiger partial charge in [-0.05, 0) is 40.5 Å². The zero-order chi connectivity index (χ0) is 14.4. The number of rotatable bonds is 2. The van der Waals surface area contributed by atoms with E-state index < -0.39 is 9.84 Å². The highest BCUT2D eigenvalue weighted by Crippen LogP contribution is 2.23. The minimum atomic E-state index is -3.54. The largest absolute Gasteiger partial charge is 0.286 e. The Morgan fingerprint density at radius 1 is 1.37 bits per heavy atom. The van der Waals surface area contributed by atoms with Crippen LogP contribution in [0.3, 0.4) is 0 Å². The number of hydrogen-bond donors (Lipinski definition) is 0. The number of sulfone groups is 1. The standard InChI is InChI=1S/C12H13BrN2O3S/c1-4-19(17,18)12-14-10-8(11(16)15(12)3)5-7(2)6-9(10)13/h5-6H,4H2,1-3H3. The van der Waals surface area contributed by atoms with Gasteiger partial charge in [0.05, 0.1) is 16.7 Å². The first-order chi connectivity index (χ1) is 8.77. The van der Waals surface area contributed by atoms with Crippen molar-refractivity contribution in [1.82, 2.24) is 9.55 Å². The second-order valence-electron chi connectivity index (χ2n) is 4.30. The molecule has 0 aliphatic rings. The van der Waals surface area contributed by atoms with Crippen LogP contribution in [0.5, 0.6) is 0 Å². The SMILES string of the molecule is CCS(=O)(=O)c1nc2c(Br)cc(C)cc2c(=O)n1C. The summed E-state index contributed by atoms with van der Waals surface area (Å²) in [4.78, 5) is 16.4. The van der Waals surface area contributed by atoms with Crippen molar-refractivity contribution in [3.8, 4) is 0 Å². The summed E-state index contributed by atoms with van der Waals surface area (Å²) < 4.78 is 25.6. The molecule has 0 radical (unpaired) electrons. The van der Waals surface area contributed by atoms with Crippen LogP contribution in [-0.4, -0.2) is 23.7 Å². The van der Waals surface area contributed by atoms with Crippen molar-refractivity contribution in [3.63, 3.8) is 0 Å². The van der Waals surface area contributed by atoms with Crippen LogP contribution in [0.15, 0.2) is 26.6 Å². The number of fused-ring (bicyclic) bond motifs is 1. The first kappa shape index (κ1) is 14.2. The molecule has 0 aliphatic carbocycles. The van der Waals surface area contributed by atoms with Gasteiger partial charge < -0.3 is 0 Å². The lowest BCUT2D eigenvalue weighted by molar-refractivity contribution is 0.573. The predicted molar refractivity (Wildman–Crippen MR) is 77.1 cm³/mol. The summed E-state index contributed by atoms with van der Waals surface area (Å²) >= 11 is 3.32. The summed E-state index contributed by atoms with van der Waals surface area (Å²) in [6.07, 6.45) is 0. The zero-order valence-electron chi connectivity index (χ0n) is 10.8. The minimum absolute atomic E-state index is 0.0950. The van der Waals surface area contributed by atoms with Crippen LogP contribution >= 0.6 is 15.9 Å². The molecule has 0 fully saturated rings. The van der Waals surface area contributed by atoms with Crippen molar-refractivity contribution in [3.05, 3.63) is 32.5 Å². The Kier molecular flexibility index (Phi) is 3.53. The summed E-state index contributed by atoms with van der Waals surface area (Å²) in [7, 11) is -2.11. The molecule has 0 saturated heterocycles. The molecule has 102 valence electrons. The fraction of sp³-hybridized carbons (Fsp3) is 0.333. The van der Waals surface area contributed by atoms with E-state index in [4.69, 9.17) is 0 Å². The van der Waals surface area contributed by atoms with Crippen LogP contribution in [0.2, 0.25) is 0 Å². The molecule has 2 aromatic rings. The summed E-state index contributed by atoms with van der Waals surface area (Å²) in [5, 5.41) is 0.210. The van der Waals surface area contributed by atoms with Crippen LogP contribution in [-0.2, 0) is 16.9 Å². The maximum atomic E-state index is 12.3. The molecular weight excluding hydrogens is 332 g/mol. The van der Waals surface area contributed by atoms with E-state index in [1.165, 1.54) is 14.0 Å². The smallest absolute Gasteiger partial charge is 0.261 e. The van der Waals surface area contributed by atoms with Gasteiger partial charge in [0.1, 0.15) is 0 Å². The highest BCUT2D eigenvalue weighted by molar-refractivity contribution is 9.10. The lowest BCUT2D eigenvalue weighted by Crippen LogP contribution is -2.25. The number of halogens is 1. The van der Waals surface area contributed by atoms with Gasteiger partial charge in [0.15, 0.2) is 0 Å². The Bertz CT molecular complexity index is 825. The van der Waals surface area contributed by atoms with Crippen molar-refractivity contribution in [1.29, 1.82) is 0 Å². The monoisotopic (exact) mass is 344 g/mol. The molecule has 0 spiro atoms. The summed E-state index contributed by atoms with van der Waals surface area (Å²) in [6.45, 7) is 3.39. The molecular formula is C12H13BrN2O3S. The molecule has 0 N–H and O–H groups in total. The maximum Gasteiger partial charge on any atom is 0.261 e. The van der Waals surface area contributed by atoms with Crippen molar-refractivity contribution in [2.45, 2.75) is 19.0 Å². The van der Waals surface area contributed by atoms with Crippen LogP contribution < -0.4 is 5.56 Å². The summed E-state index contributed by atoms with van der Waals surface area (Å²) in [6, 6.07) is 3.51. The van der Waals surface area contributed by atoms with Gasteiger partial charge in [-0.25, -0.2) is 13.4 Å². The van der Waals surface area contributed by atoms with Crippen molar-refractivity contribution >= 4 is 36.7 Å². The molecule has 1 heterocycles. The van der Waals surface area contributed by atoms with Gasteiger partial charge in [-0.2, -0.15) is 0 Å². The molecule has 5 nitrogen and oxygen atoms in total. The molecule has 0 atom stereocenters. The number of aryl methyl sites for hydroxylation is 1. The molecule has 0 unspecified atom stereocenters. The Balaban J connectivity index is 3.01. The molecule has 19 heavy (non-hydrogen) atoms. The van der Waals surface area contributed by atoms with Gasteiger partial charge in [0.2, 0.25) is 15.0 Å². The van der Waals surface area contributed by atoms with E-state index in [-0.39, 0.29) is 16.5 Å². The molecule has 0 amide bonds. The van der Waals surface area contributed by atoms with Gasteiger partial charge in [0, 0.05) is 11.5 Å². The van der Waals surface area contributed by atoms with Gasteiger partial charge >= 0.3 is 0 Å². The van der Waals surface area contributed by atoms with Crippen molar-refractivity contribution in [2.24, 2.45) is 7.05 Å². The van der Waals surface area contributed by atoms with Crippen molar-refractivity contribution in [2.75, 3.05) is 5.75 Å². The third kappa shape index (κ3) is 2.32. The van der Waals surface area contributed by atoms with Gasteiger partial charge in [0.25, 0.3) is 5.56 Å². The first-order valence-corrected chi connectivity index (χ1v) is 8.12. The Hall–Kier alpha value is -1.21. The van der Waals surface area contributed by atoms with E-state index in [0.717, 1.165) is 10.1 Å². The Labute approximate surface area is 119 Å². The van der Waals surface area contributed by atoms with Gasteiger partial charge in [-0.1, -0.05) is 6.92 Å². The minimum Gasteiger partial charge on any atom is -0.286 e. The number of hydrogen-bond acceptors (Lipinski definition) is 4. The molecule has 0 aliphatic heterocycles. The molecule has 0 bridgehead atoms. The van der Waals surface area contributed by atoms with Crippen LogP contribution in [0.4, 0.5) is 0 Å².